The van der Waals surface area contributed by atoms with Crippen molar-refractivity contribution in [3.8, 4) is 0 Å². The van der Waals surface area contributed by atoms with E-state index in [2.05, 4.69) is 17.9 Å². The van der Waals surface area contributed by atoms with Crippen molar-refractivity contribution in [1.82, 2.24) is 5.32 Å². The van der Waals surface area contributed by atoms with Crippen LogP contribution in [0.4, 0.5) is 4.79 Å². The predicted molar refractivity (Wildman–Crippen MR) is 49.2 cm³/mol. The van der Waals surface area contributed by atoms with Crippen molar-refractivity contribution in [1.29, 1.82) is 0 Å². The summed E-state index contributed by atoms with van der Waals surface area (Å²) in [6.07, 6.45) is -0.546. The zero-order valence-corrected chi connectivity index (χ0v) is 8.39. The Hall–Kier alpha value is -0.420. The Bertz CT molecular complexity index is 153. The molecule has 0 saturated heterocycles. The summed E-state index contributed by atoms with van der Waals surface area (Å²) in [5.74, 6) is 0. The van der Waals surface area contributed by atoms with E-state index >= 15 is 0 Å². The predicted octanol–water partition coefficient (Wildman–Crippen LogP) is 0.759. The lowest BCUT2D eigenvalue weighted by atomic mass is 10.2. The summed E-state index contributed by atoms with van der Waals surface area (Å²) in [4.78, 5) is 10.9. The molecule has 0 aromatic heterocycles. The van der Waals surface area contributed by atoms with Gasteiger partial charge in [0.1, 0.15) is 11.0 Å². The Morgan fingerprint density at radius 2 is 2.17 bits per heavy atom. The number of amides is 1. The van der Waals surface area contributed by atoms with Gasteiger partial charge in [-0.15, -0.1) is 12.6 Å². The largest absolute Gasteiger partial charge is 0.444 e. The molecule has 0 aliphatic carbocycles. The second-order valence-electron chi connectivity index (χ2n) is 3.36. The lowest BCUT2D eigenvalue weighted by Crippen LogP contribution is -2.35. The highest BCUT2D eigenvalue weighted by Gasteiger charge is 2.15. The number of rotatable bonds is 2. The number of hydrogen-bond acceptors (Lipinski definition) is 4. The Labute approximate surface area is 77.7 Å². The number of ether oxygens (including phenoxy) is 1. The van der Waals surface area contributed by atoms with Gasteiger partial charge >= 0.3 is 6.09 Å². The molecule has 0 aromatic carbocycles. The van der Waals surface area contributed by atoms with Crippen LogP contribution in [0.5, 0.6) is 0 Å². The van der Waals surface area contributed by atoms with Crippen LogP contribution in [-0.2, 0) is 4.74 Å². The first kappa shape index (κ1) is 11.6. The third kappa shape index (κ3) is 7.68. The van der Waals surface area contributed by atoms with Crippen LogP contribution in [0.3, 0.4) is 0 Å². The minimum Gasteiger partial charge on any atom is -0.444 e. The number of carbonyl (C=O) groups is 1. The molecular weight excluding hydrogens is 178 g/mol. The van der Waals surface area contributed by atoms with E-state index in [-0.39, 0.29) is 6.54 Å². The molecule has 1 amide bonds. The molecule has 72 valence electrons. The summed E-state index contributed by atoms with van der Waals surface area (Å²) in [6.45, 7) is 5.38. The maximum Gasteiger partial charge on any atom is 0.407 e. The highest BCUT2D eigenvalue weighted by atomic mass is 32.1. The van der Waals surface area contributed by atoms with Gasteiger partial charge in [-0.3, -0.25) is 0 Å². The minimum atomic E-state index is -0.850. The number of aliphatic hydroxyl groups is 1. The number of alkyl carbamates (subject to hydrolysis) is 1. The summed E-state index contributed by atoms with van der Waals surface area (Å²) in [6, 6.07) is 0. The van der Waals surface area contributed by atoms with E-state index in [4.69, 9.17) is 9.84 Å². The number of carbonyl (C=O) groups excluding carboxylic acids is 1. The first-order valence-electron chi connectivity index (χ1n) is 3.64. The smallest absolute Gasteiger partial charge is 0.407 e. The van der Waals surface area contributed by atoms with Gasteiger partial charge in [0.15, 0.2) is 0 Å². The van der Waals surface area contributed by atoms with Gasteiger partial charge in [0.25, 0.3) is 0 Å². The van der Waals surface area contributed by atoms with E-state index in [1.165, 1.54) is 0 Å². The molecule has 5 heteroatoms. The molecule has 0 aliphatic rings. The van der Waals surface area contributed by atoms with Crippen LogP contribution in [0.2, 0.25) is 0 Å². The molecule has 0 heterocycles. The molecule has 12 heavy (non-hydrogen) atoms. The van der Waals surface area contributed by atoms with Gasteiger partial charge in [-0.05, 0) is 20.8 Å². The van der Waals surface area contributed by atoms with Crippen LogP contribution in [0.25, 0.3) is 0 Å². The summed E-state index contributed by atoms with van der Waals surface area (Å²) < 4.78 is 4.89. The van der Waals surface area contributed by atoms with Crippen LogP contribution in [0.1, 0.15) is 20.8 Å². The van der Waals surface area contributed by atoms with Gasteiger partial charge in [-0.25, -0.2) is 4.79 Å². The van der Waals surface area contributed by atoms with E-state index in [0.717, 1.165) is 0 Å². The normalized spacial score (nSPS) is 13.8. The van der Waals surface area contributed by atoms with E-state index in [9.17, 15) is 4.79 Å². The summed E-state index contributed by atoms with van der Waals surface area (Å²) in [5.41, 5.74) is -1.36. The van der Waals surface area contributed by atoms with Crippen LogP contribution < -0.4 is 5.32 Å². The maximum atomic E-state index is 10.9. The van der Waals surface area contributed by atoms with Crippen LogP contribution in [0, 0.1) is 0 Å². The van der Waals surface area contributed by atoms with Crippen molar-refractivity contribution in [2.24, 2.45) is 0 Å². The van der Waals surface area contributed by atoms with Crippen LogP contribution in [-0.4, -0.2) is 28.8 Å². The number of hydrogen-bond donors (Lipinski definition) is 3. The SMILES string of the molecule is CC(C)(C)OC(=O)NC[C@H](O)S. The monoisotopic (exact) mass is 193 g/mol. The minimum absolute atomic E-state index is 0.0814. The molecule has 0 rings (SSSR count). The number of thiol groups is 1. The lowest BCUT2D eigenvalue weighted by Gasteiger charge is -2.19. The molecule has 0 aromatic rings. The van der Waals surface area contributed by atoms with Crippen LogP contribution >= 0.6 is 12.6 Å². The molecular formula is C7H15NO3S. The Kier molecular flexibility index (Phi) is 4.41. The Balaban J connectivity index is 3.61. The standard InChI is InChI=1S/C7H15NO3S/c1-7(2,3)11-6(10)8-4-5(9)12/h5,9,12H,4H2,1-3H3,(H,8,10)/t5-/m1/s1. The fourth-order valence-corrected chi connectivity index (χ4v) is 0.580. The first-order chi connectivity index (χ1) is 5.31. The van der Waals surface area contributed by atoms with E-state index < -0.39 is 17.1 Å². The molecule has 0 bridgehead atoms. The maximum absolute atomic E-state index is 10.9. The van der Waals surface area contributed by atoms with Crippen molar-refractivity contribution in [2.45, 2.75) is 31.8 Å². The Morgan fingerprint density at radius 1 is 1.67 bits per heavy atom. The van der Waals surface area contributed by atoms with Crippen LogP contribution in [0.15, 0.2) is 0 Å². The second-order valence-corrected chi connectivity index (χ2v) is 3.96. The highest BCUT2D eigenvalue weighted by Crippen LogP contribution is 2.06. The lowest BCUT2D eigenvalue weighted by molar-refractivity contribution is 0.0513. The van der Waals surface area contributed by atoms with Crippen molar-refractivity contribution in [2.75, 3.05) is 6.54 Å². The molecule has 4 nitrogen and oxygen atoms in total. The van der Waals surface area contributed by atoms with E-state index in [1.807, 2.05) is 0 Å². The molecule has 0 spiro atoms. The van der Waals surface area contributed by atoms with Crippen molar-refractivity contribution in [3.05, 3.63) is 0 Å². The second kappa shape index (κ2) is 4.57. The van der Waals surface area contributed by atoms with Crippen molar-refractivity contribution in [3.63, 3.8) is 0 Å². The molecule has 0 aliphatic heterocycles. The van der Waals surface area contributed by atoms with Gasteiger partial charge < -0.3 is 15.2 Å². The van der Waals surface area contributed by atoms with Gasteiger partial charge in [-0.2, -0.15) is 0 Å². The molecule has 1 atom stereocenters. The third-order valence-electron chi connectivity index (χ3n) is 0.828. The fraction of sp³-hybridized carbons (Fsp3) is 0.857. The fourth-order valence-electron chi connectivity index (χ4n) is 0.489. The van der Waals surface area contributed by atoms with Gasteiger partial charge in [0, 0.05) is 0 Å². The zero-order chi connectivity index (χ0) is 9.78. The van der Waals surface area contributed by atoms with Crippen molar-refractivity contribution >= 4 is 18.7 Å². The average Bonchev–Trinajstić information content (AvgIpc) is 1.79. The number of aliphatic hydroxyl groups excluding tert-OH is 1. The third-order valence-corrected chi connectivity index (χ3v) is 1.01. The average molecular weight is 193 g/mol. The van der Waals surface area contributed by atoms with E-state index in [1.54, 1.807) is 20.8 Å². The summed E-state index contributed by atoms with van der Waals surface area (Å²) in [5, 5.41) is 11.0. The molecule has 0 radical (unpaired) electrons. The van der Waals surface area contributed by atoms with Crippen molar-refractivity contribution < 1.29 is 14.6 Å². The van der Waals surface area contributed by atoms with Gasteiger partial charge in [0.05, 0.1) is 6.54 Å². The number of nitrogens with one attached hydrogen (secondary N) is 1. The molecule has 0 saturated carbocycles. The molecule has 0 unspecified atom stereocenters. The molecule has 0 fully saturated rings. The summed E-state index contributed by atoms with van der Waals surface area (Å²) >= 11 is 3.67. The first-order valence-corrected chi connectivity index (χ1v) is 4.16. The van der Waals surface area contributed by atoms with Gasteiger partial charge in [-0.1, -0.05) is 0 Å². The molecule has 2 N–H and O–H groups in total. The summed E-state index contributed by atoms with van der Waals surface area (Å²) in [7, 11) is 0. The van der Waals surface area contributed by atoms with E-state index in [0.29, 0.717) is 0 Å². The Morgan fingerprint density at radius 3 is 2.50 bits per heavy atom. The quantitative estimate of drug-likeness (QED) is 0.448. The highest BCUT2D eigenvalue weighted by molar-refractivity contribution is 7.80. The van der Waals surface area contributed by atoms with Gasteiger partial charge in [0.2, 0.25) is 0 Å². The topological polar surface area (TPSA) is 58.6 Å². The zero-order valence-electron chi connectivity index (χ0n) is 7.50.